The highest BCUT2D eigenvalue weighted by Gasteiger charge is 2.23. The number of likely N-dealkylation sites (N-methyl/N-ethyl adjacent to an activating group) is 1. The molecule has 4 aromatic rings. The largest absolute Gasteiger partial charge is 0.340 e. The van der Waals surface area contributed by atoms with Crippen LogP contribution in [0.15, 0.2) is 35.4 Å². The Kier molecular flexibility index (Phi) is 4.97. The van der Waals surface area contributed by atoms with Crippen LogP contribution in [0.25, 0.3) is 21.3 Å². The molecule has 0 bridgehead atoms. The summed E-state index contributed by atoms with van der Waals surface area (Å²) in [6.45, 7) is 7.24. The molecule has 5 heterocycles. The molecule has 6 rings (SSSR count). The predicted molar refractivity (Wildman–Crippen MR) is 129 cm³/mol. The van der Waals surface area contributed by atoms with Crippen LogP contribution in [0.4, 0.5) is 5.95 Å². The molecule has 0 unspecified atom stereocenters. The van der Waals surface area contributed by atoms with Gasteiger partial charge in [-0.05, 0) is 31.2 Å². The molecule has 3 aromatic heterocycles. The van der Waals surface area contributed by atoms with E-state index in [-0.39, 0.29) is 5.56 Å². The Morgan fingerprint density at radius 3 is 2.78 bits per heavy atom. The van der Waals surface area contributed by atoms with Crippen LogP contribution in [0.5, 0.6) is 0 Å². The number of fused-ring (bicyclic) bond motifs is 4. The summed E-state index contributed by atoms with van der Waals surface area (Å²) in [6.07, 6.45) is 2.68. The van der Waals surface area contributed by atoms with Gasteiger partial charge in [0.1, 0.15) is 4.83 Å². The number of aromatic nitrogens is 4. The second kappa shape index (κ2) is 7.99. The monoisotopic (exact) mass is 449 g/mol. The zero-order chi connectivity index (χ0) is 21.7. The fraction of sp³-hybridized carbons (Fsp3) is 0.435. The van der Waals surface area contributed by atoms with Crippen molar-refractivity contribution in [2.24, 2.45) is 0 Å². The molecule has 32 heavy (non-hydrogen) atoms. The van der Waals surface area contributed by atoms with Gasteiger partial charge in [-0.15, -0.1) is 11.3 Å². The number of hydrogen-bond donors (Lipinski definition) is 1. The van der Waals surface area contributed by atoms with Gasteiger partial charge in [0.25, 0.3) is 5.56 Å². The molecule has 2 aliphatic heterocycles. The molecule has 0 saturated carbocycles. The molecule has 2 aliphatic rings. The molecule has 0 aliphatic carbocycles. The summed E-state index contributed by atoms with van der Waals surface area (Å²) in [5.74, 6) is 0.949. The van der Waals surface area contributed by atoms with Crippen LogP contribution in [-0.2, 0) is 19.5 Å². The van der Waals surface area contributed by atoms with Gasteiger partial charge in [0.15, 0.2) is 0 Å². The first-order valence-electron chi connectivity index (χ1n) is 11.3. The quantitative estimate of drug-likeness (QED) is 0.515. The van der Waals surface area contributed by atoms with Crippen LogP contribution in [0.3, 0.4) is 0 Å². The van der Waals surface area contributed by atoms with E-state index in [1.165, 1.54) is 10.4 Å². The van der Waals surface area contributed by atoms with E-state index in [1.807, 2.05) is 18.2 Å². The number of hydrogen-bond acceptors (Lipinski definition) is 7. The maximum absolute atomic E-state index is 13.2. The number of benzene rings is 1. The number of H-pyrrole nitrogens is 1. The minimum Gasteiger partial charge on any atom is -0.340 e. The van der Waals surface area contributed by atoms with Crippen molar-refractivity contribution < 1.29 is 0 Å². The van der Waals surface area contributed by atoms with E-state index in [0.29, 0.717) is 6.54 Å². The lowest BCUT2D eigenvalue weighted by Crippen LogP contribution is -2.48. The molecular formula is C23H27N7OS. The maximum atomic E-state index is 13.2. The number of para-hydroxylation sites is 2. The summed E-state index contributed by atoms with van der Waals surface area (Å²) in [4.78, 5) is 35.2. The van der Waals surface area contributed by atoms with Gasteiger partial charge >= 0.3 is 0 Å². The molecule has 0 radical (unpaired) electrons. The minimum absolute atomic E-state index is 0.123. The summed E-state index contributed by atoms with van der Waals surface area (Å²) in [5, 5.41) is 0.857. The number of nitrogens with one attached hydrogen (secondary N) is 1. The number of anilines is 1. The van der Waals surface area contributed by atoms with Crippen molar-refractivity contribution in [3.63, 3.8) is 0 Å². The molecule has 1 fully saturated rings. The van der Waals surface area contributed by atoms with Crippen LogP contribution in [0.1, 0.15) is 10.4 Å². The fourth-order valence-electron chi connectivity index (χ4n) is 4.83. The number of aromatic amines is 1. The lowest BCUT2D eigenvalue weighted by Gasteiger charge is -2.34. The highest BCUT2D eigenvalue weighted by Crippen LogP contribution is 2.31. The van der Waals surface area contributed by atoms with Crippen molar-refractivity contribution in [1.82, 2.24) is 29.3 Å². The Morgan fingerprint density at radius 1 is 1.09 bits per heavy atom. The molecule has 1 saturated heterocycles. The van der Waals surface area contributed by atoms with E-state index in [2.05, 4.69) is 37.8 Å². The summed E-state index contributed by atoms with van der Waals surface area (Å²) in [5.41, 5.74) is 3.44. The molecule has 0 spiro atoms. The van der Waals surface area contributed by atoms with Gasteiger partial charge in [0.2, 0.25) is 5.95 Å². The summed E-state index contributed by atoms with van der Waals surface area (Å²) in [7, 11) is 2.13. The van der Waals surface area contributed by atoms with E-state index < -0.39 is 0 Å². The zero-order valence-electron chi connectivity index (χ0n) is 18.3. The summed E-state index contributed by atoms with van der Waals surface area (Å²) >= 11 is 1.68. The molecule has 1 aromatic carbocycles. The molecule has 0 atom stereocenters. The molecular weight excluding hydrogens is 422 g/mol. The lowest BCUT2D eigenvalue weighted by molar-refractivity contribution is 0.246. The highest BCUT2D eigenvalue weighted by atomic mass is 32.1. The highest BCUT2D eigenvalue weighted by molar-refractivity contribution is 7.18. The third-order valence-corrected chi connectivity index (χ3v) is 7.85. The summed E-state index contributed by atoms with van der Waals surface area (Å²) < 4.78 is 1.80. The third kappa shape index (κ3) is 3.50. The van der Waals surface area contributed by atoms with E-state index in [9.17, 15) is 4.79 Å². The average Bonchev–Trinajstić information content (AvgIpc) is 3.40. The zero-order valence-corrected chi connectivity index (χ0v) is 19.1. The molecule has 0 amide bonds. The third-order valence-electron chi connectivity index (χ3n) is 6.72. The molecule has 166 valence electrons. The van der Waals surface area contributed by atoms with E-state index in [0.717, 1.165) is 79.4 Å². The van der Waals surface area contributed by atoms with Crippen molar-refractivity contribution in [3.8, 4) is 0 Å². The Hall–Kier alpha value is -2.75. The van der Waals surface area contributed by atoms with Crippen molar-refractivity contribution >= 4 is 38.5 Å². The number of rotatable bonds is 4. The van der Waals surface area contributed by atoms with Crippen LogP contribution in [0, 0.1) is 0 Å². The minimum atomic E-state index is 0.123. The van der Waals surface area contributed by atoms with Gasteiger partial charge in [-0.2, -0.15) is 0 Å². The van der Waals surface area contributed by atoms with Crippen molar-refractivity contribution in [3.05, 3.63) is 51.4 Å². The van der Waals surface area contributed by atoms with Gasteiger partial charge in [-0.25, -0.2) is 9.97 Å². The van der Waals surface area contributed by atoms with Crippen LogP contribution in [-0.4, -0.2) is 75.6 Å². The first-order valence-corrected chi connectivity index (χ1v) is 12.1. The molecule has 8 nitrogen and oxygen atoms in total. The fourth-order valence-corrected chi connectivity index (χ4v) is 6.09. The van der Waals surface area contributed by atoms with Crippen LogP contribution in [0.2, 0.25) is 0 Å². The molecule has 9 heteroatoms. The average molecular weight is 450 g/mol. The molecule has 1 N–H and O–H groups in total. The van der Waals surface area contributed by atoms with Crippen LogP contribution >= 0.6 is 11.3 Å². The van der Waals surface area contributed by atoms with Gasteiger partial charge in [0, 0.05) is 57.2 Å². The second-order valence-electron chi connectivity index (χ2n) is 8.82. The van der Waals surface area contributed by atoms with Gasteiger partial charge < -0.3 is 14.8 Å². The smallest absolute Gasteiger partial charge is 0.262 e. The maximum Gasteiger partial charge on any atom is 0.262 e. The predicted octanol–water partition coefficient (Wildman–Crippen LogP) is 2.14. The van der Waals surface area contributed by atoms with E-state index in [1.54, 1.807) is 22.2 Å². The summed E-state index contributed by atoms with van der Waals surface area (Å²) in [6, 6.07) is 8.15. The number of thiophene rings is 1. The lowest BCUT2D eigenvalue weighted by atomic mass is 10.1. The van der Waals surface area contributed by atoms with Gasteiger partial charge in [-0.1, -0.05) is 12.1 Å². The first-order chi connectivity index (χ1) is 15.7. The first kappa shape index (κ1) is 19.9. The Balaban J connectivity index is 1.12. The second-order valence-corrected chi connectivity index (χ2v) is 9.90. The van der Waals surface area contributed by atoms with Crippen molar-refractivity contribution in [2.75, 3.05) is 51.2 Å². The van der Waals surface area contributed by atoms with E-state index in [4.69, 9.17) is 4.98 Å². The van der Waals surface area contributed by atoms with Crippen molar-refractivity contribution in [1.29, 1.82) is 0 Å². The number of nitrogens with zero attached hydrogens (tertiary/aromatic N) is 6. The number of imidazole rings is 1. The van der Waals surface area contributed by atoms with E-state index >= 15 is 0 Å². The van der Waals surface area contributed by atoms with Gasteiger partial charge in [0.05, 0.1) is 22.7 Å². The Morgan fingerprint density at radius 2 is 1.94 bits per heavy atom. The Labute approximate surface area is 190 Å². The van der Waals surface area contributed by atoms with Crippen molar-refractivity contribution in [2.45, 2.75) is 19.5 Å². The van der Waals surface area contributed by atoms with Gasteiger partial charge in [-0.3, -0.25) is 14.3 Å². The number of piperazine rings is 1. The normalized spacial score (nSPS) is 18.0. The standard InChI is InChI=1S/C23H27N7OS/c1-27-7-6-16-19(14-27)32-21-20(16)22(31)30(15-24-21)13-10-28-8-11-29(12-9-28)23-25-17-4-2-3-5-18(17)26-23/h2-5,15H,6-14H2,1H3,(H,25,26). The Bertz CT molecular complexity index is 1300. The SMILES string of the molecule is CN1CCc2c(sc3ncn(CCN4CCN(c5nc6ccccc6[nH]5)CC4)c(=O)c23)C1. The van der Waals surface area contributed by atoms with Crippen LogP contribution < -0.4 is 10.5 Å². The topological polar surface area (TPSA) is 73.3 Å².